The van der Waals surface area contributed by atoms with Crippen molar-refractivity contribution in [2.24, 2.45) is 0 Å². The monoisotopic (exact) mass is 299 g/mol. The van der Waals surface area contributed by atoms with Crippen LogP contribution in [0.3, 0.4) is 0 Å². The highest BCUT2D eigenvalue weighted by molar-refractivity contribution is 7.22. The predicted molar refractivity (Wildman–Crippen MR) is 84.9 cm³/mol. The molecule has 1 heterocycles. The lowest BCUT2D eigenvalue weighted by Crippen LogP contribution is -2.04. The number of thiazole rings is 1. The van der Waals surface area contributed by atoms with E-state index in [9.17, 15) is 10.1 Å². The average Bonchev–Trinajstić information content (AvgIpc) is 2.90. The number of nitro groups is 1. The van der Waals surface area contributed by atoms with Gasteiger partial charge in [-0.15, -0.1) is 0 Å². The normalized spacial score (nSPS) is 10.7. The summed E-state index contributed by atoms with van der Waals surface area (Å²) < 4.78 is 0.825. The molecule has 1 aromatic heterocycles. The molecule has 0 aliphatic heterocycles. The predicted octanol–water partition coefficient (Wildman–Crippen LogP) is 3.86. The summed E-state index contributed by atoms with van der Waals surface area (Å²) in [7, 11) is 0. The van der Waals surface area contributed by atoms with E-state index in [0.717, 1.165) is 28.3 Å². The van der Waals surface area contributed by atoms with Crippen molar-refractivity contribution >= 4 is 32.4 Å². The Kier molecular flexibility index (Phi) is 3.79. The van der Waals surface area contributed by atoms with Crippen LogP contribution in [0.4, 0.5) is 10.8 Å². The molecule has 0 saturated heterocycles. The van der Waals surface area contributed by atoms with Crippen molar-refractivity contribution in [2.45, 2.75) is 6.42 Å². The molecule has 3 rings (SSSR count). The van der Waals surface area contributed by atoms with E-state index in [1.165, 1.54) is 23.0 Å². The number of rotatable bonds is 5. The molecule has 0 atom stereocenters. The summed E-state index contributed by atoms with van der Waals surface area (Å²) >= 11 is 1.44. The number of fused-ring (bicyclic) bond motifs is 1. The molecule has 21 heavy (non-hydrogen) atoms. The number of anilines is 1. The van der Waals surface area contributed by atoms with Gasteiger partial charge in [0.05, 0.1) is 15.1 Å². The first-order valence-electron chi connectivity index (χ1n) is 6.55. The van der Waals surface area contributed by atoms with Gasteiger partial charge in [-0.05, 0) is 18.1 Å². The van der Waals surface area contributed by atoms with Crippen LogP contribution in [0.1, 0.15) is 5.56 Å². The molecule has 0 spiro atoms. The Labute approximate surface area is 125 Å². The van der Waals surface area contributed by atoms with Crippen LogP contribution in [0.5, 0.6) is 0 Å². The van der Waals surface area contributed by atoms with Gasteiger partial charge in [0, 0.05) is 18.7 Å². The summed E-state index contributed by atoms with van der Waals surface area (Å²) in [5, 5.41) is 14.8. The number of hydrogen-bond donors (Lipinski definition) is 1. The van der Waals surface area contributed by atoms with Crippen LogP contribution in [0, 0.1) is 10.1 Å². The zero-order chi connectivity index (χ0) is 14.7. The van der Waals surface area contributed by atoms with Crippen LogP contribution in [0.2, 0.25) is 0 Å². The van der Waals surface area contributed by atoms with Crippen molar-refractivity contribution in [3.8, 4) is 0 Å². The highest BCUT2D eigenvalue weighted by atomic mass is 32.1. The van der Waals surface area contributed by atoms with Gasteiger partial charge in [0.1, 0.15) is 0 Å². The molecule has 0 fully saturated rings. The molecular weight excluding hydrogens is 286 g/mol. The Bertz CT molecular complexity index is 771. The third kappa shape index (κ3) is 3.17. The molecule has 2 aromatic carbocycles. The molecule has 106 valence electrons. The fraction of sp³-hybridized carbons (Fsp3) is 0.133. The number of hydrogen-bond acceptors (Lipinski definition) is 5. The second kappa shape index (κ2) is 5.88. The van der Waals surface area contributed by atoms with Crippen LogP contribution in [0.15, 0.2) is 48.5 Å². The summed E-state index contributed by atoms with van der Waals surface area (Å²) in [5.74, 6) is 0. The maximum absolute atomic E-state index is 10.8. The minimum atomic E-state index is -0.387. The fourth-order valence-electron chi connectivity index (χ4n) is 2.06. The minimum absolute atomic E-state index is 0.0991. The van der Waals surface area contributed by atoms with Gasteiger partial charge in [-0.3, -0.25) is 10.1 Å². The van der Waals surface area contributed by atoms with Gasteiger partial charge >= 0.3 is 0 Å². The lowest BCUT2D eigenvalue weighted by Gasteiger charge is -2.02. The molecule has 0 bridgehead atoms. The van der Waals surface area contributed by atoms with E-state index in [2.05, 4.69) is 22.4 Å². The summed E-state index contributed by atoms with van der Waals surface area (Å²) in [6.07, 6.45) is 0.914. The Morgan fingerprint density at radius 1 is 1.19 bits per heavy atom. The second-order valence-corrected chi connectivity index (χ2v) is 5.62. The van der Waals surface area contributed by atoms with E-state index >= 15 is 0 Å². The highest BCUT2D eigenvalue weighted by Gasteiger charge is 2.09. The number of benzene rings is 2. The molecule has 6 heteroatoms. The highest BCUT2D eigenvalue weighted by Crippen LogP contribution is 2.29. The third-order valence-electron chi connectivity index (χ3n) is 3.12. The molecule has 0 aliphatic rings. The molecule has 1 N–H and O–H groups in total. The SMILES string of the molecule is O=[N+]([O-])c1ccc2nc(NCCc3ccccc3)sc2c1. The number of non-ortho nitro benzene ring substituents is 1. The molecular formula is C15H13N3O2S. The molecule has 5 nitrogen and oxygen atoms in total. The van der Waals surface area contributed by atoms with E-state index in [4.69, 9.17) is 0 Å². The Hall–Kier alpha value is -2.47. The first-order valence-corrected chi connectivity index (χ1v) is 7.37. The van der Waals surface area contributed by atoms with Crippen molar-refractivity contribution in [1.29, 1.82) is 0 Å². The first kappa shape index (κ1) is 13.5. The van der Waals surface area contributed by atoms with Gasteiger partial charge in [-0.2, -0.15) is 0 Å². The Morgan fingerprint density at radius 3 is 2.76 bits per heavy atom. The van der Waals surface area contributed by atoms with Gasteiger partial charge in [0.25, 0.3) is 5.69 Å². The summed E-state index contributed by atoms with van der Waals surface area (Å²) in [6, 6.07) is 14.9. The Morgan fingerprint density at radius 2 is 2.00 bits per heavy atom. The van der Waals surface area contributed by atoms with Crippen molar-refractivity contribution < 1.29 is 4.92 Å². The molecule has 0 aliphatic carbocycles. The molecule has 3 aromatic rings. The van der Waals surface area contributed by atoms with E-state index in [0.29, 0.717) is 0 Å². The largest absolute Gasteiger partial charge is 0.361 e. The van der Waals surface area contributed by atoms with Crippen molar-refractivity contribution in [2.75, 3.05) is 11.9 Å². The molecule has 0 amide bonds. The summed E-state index contributed by atoms with van der Waals surface area (Å²) in [6.45, 7) is 0.784. The molecule has 0 unspecified atom stereocenters. The average molecular weight is 299 g/mol. The van der Waals surface area contributed by atoms with Crippen molar-refractivity contribution in [1.82, 2.24) is 4.98 Å². The Balaban J connectivity index is 1.68. The number of aromatic nitrogens is 1. The van der Waals surface area contributed by atoms with Crippen LogP contribution in [-0.4, -0.2) is 16.5 Å². The topological polar surface area (TPSA) is 68.1 Å². The zero-order valence-corrected chi connectivity index (χ0v) is 12.0. The minimum Gasteiger partial charge on any atom is -0.361 e. The zero-order valence-electron chi connectivity index (χ0n) is 11.2. The van der Waals surface area contributed by atoms with E-state index in [1.54, 1.807) is 12.1 Å². The lowest BCUT2D eigenvalue weighted by atomic mass is 10.2. The van der Waals surface area contributed by atoms with E-state index in [-0.39, 0.29) is 10.6 Å². The standard InChI is InChI=1S/C15H13N3O2S/c19-18(20)12-6-7-13-14(10-12)21-15(17-13)16-9-8-11-4-2-1-3-5-11/h1-7,10H,8-9H2,(H,16,17). The maximum Gasteiger partial charge on any atom is 0.270 e. The van der Waals surface area contributed by atoms with E-state index < -0.39 is 0 Å². The second-order valence-electron chi connectivity index (χ2n) is 4.59. The van der Waals surface area contributed by atoms with Crippen LogP contribution >= 0.6 is 11.3 Å². The fourth-order valence-corrected chi connectivity index (χ4v) is 2.99. The van der Waals surface area contributed by atoms with Gasteiger partial charge in [-0.1, -0.05) is 41.7 Å². The van der Waals surface area contributed by atoms with Crippen LogP contribution in [0.25, 0.3) is 10.2 Å². The number of nitrogens with zero attached hydrogens (tertiary/aromatic N) is 2. The van der Waals surface area contributed by atoms with Gasteiger partial charge in [0.2, 0.25) is 0 Å². The lowest BCUT2D eigenvalue weighted by molar-refractivity contribution is -0.384. The van der Waals surface area contributed by atoms with Crippen molar-refractivity contribution in [3.05, 3.63) is 64.2 Å². The molecule has 0 radical (unpaired) electrons. The first-order chi connectivity index (χ1) is 10.2. The number of nitro benzene ring substituents is 1. The van der Waals surface area contributed by atoms with E-state index in [1.807, 2.05) is 18.2 Å². The molecule has 0 saturated carbocycles. The van der Waals surface area contributed by atoms with Gasteiger partial charge in [0.15, 0.2) is 5.13 Å². The van der Waals surface area contributed by atoms with Crippen molar-refractivity contribution in [3.63, 3.8) is 0 Å². The smallest absolute Gasteiger partial charge is 0.270 e. The third-order valence-corrected chi connectivity index (χ3v) is 4.09. The summed E-state index contributed by atoms with van der Waals surface area (Å²) in [4.78, 5) is 14.8. The quantitative estimate of drug-likeness (QED) is 0.574. The van der Waals surface area contributed by atoms with Crippen LogP contribution in [-0.2, 0) is 6.42 Å². The maximum atomic E-state index is 10.8. The summed E-state index contributed by atoms with van der Waals surface area (Å²) in [5.41, 5.74) is 2.15. The van der Waals surface area contributed by atoms with Crippen LogP contribution < -0.4 is 5.32 Å². The number of nitrogens with one attached hydrogen (secondary N) is 1. The van der Waals surface area contributed by atoms with Gasteiger partial charge < -0.3 is 5.32 Å². The van der Waals surface area contributed by atoms with Gasteiger partial charge in [-0.25, -0.2) is 4.98 Å².